The van der Waals surface area contributed by atoms with E-state index < -0.39 is 6.04 Å². The average Bonchev–Trinajstić information content (AvgIpc) is 2.38. The van der Waals surface area contributed by atoms with Gasteiger partial charge in [-0.2, -0.15) is 0 Å². The molecule has 1 heterocycles. The first kappa shape index (κ1) is 14.4. The van der Waals surface area contributed by atoms with Crippen molar-refractivity contribution in [3.05, 3.63) is 28.7 Å². The van der Waals surface area contributed by atoms with E-state index in [-0.39, 0.29) is 17.4 Å². The fourth-order valence-electron chi connectivity index (χ4n) is 1.59. The van der Waals surface area contributed by atoms with Crippen LogP contribution < -0.4 is 16.6 Å². The van der Waals surface area contributed by atoms with Crippen LogP contribution in [0.4, 0.5) is 5.69 Å². The molecule has 0 aliphatic rings. The molecular formula is C13H21N3O2. The number of pyridine rings is 1. The van der Waals surface area contributed by atoms with Crippen LogP contribution in [0.1, 0.15) is 27.2 Å². The van der Waals surface area contributed by atoms with Crippen LogP contribution in [0, 0.1) is 5.92 Å². The summed E-state index contributed by atoms with van der Waals surface area (Å²) >= 11 is 0. The Bertz CT molecular complexity index is 468. The summed E-state index contributed by atoms with van der Waals surface area (Å²) in [4.78, 5) is 23.3. The van der Waals surface area contributed by atoms with Gasteiger partial charge in [-0.15, -0.1) is 0 Å². The lowest BCUT2D eigenvalue weighted by Gasteiger charge is -2.18. The van der Waals surface area contributed by atoms with E-state index >= 15 is 0 Å². The first-order valence-electron chi connectivity index (χ1n) is 6.26. The van der Waals surface area contributed by atoms with E-state index in [1.165, 1.54) is 10.6 Å². The number of amides is 1. The van der Waals surface area contributed by atoms with Crippen molar-refractivity contribution < 1.29 is 4.79 Å². The minimum absolute atomic E-state index is 0.0817. The number of nitrogens with one attached hydrogen (secondary N) is 1. The number of nitrogens with two attached hydrogens (primary N) is 1. The van der Waals surface area contributed by atoms with E-state index in [1.807, 2.05) is 20.8 Å². The second kappa shape index (κ2) is 6.35. The first-order chi connectivity index (χ1) is 8.49. The standard InChI is InChI=1S/C13H21N3O2/c1-4-9(3)12(14)13(18)15-10-6-7-11(17)16(5-2)8-10/h6-9,12H,4-5,14H2,1-3H3,(H,15,18). The van der Waals surface area contributed by atoms with Crippen molar-refractivity contribution in [1.29, 1.82) is 0 Å². The largest absolute Gasteiger partial charge is 0.323 e. The maximum Gasteiger partial charge on any atom is 0.250 e. The summed E-state index contributed by atoms with van der Waals surface area (Å²) in [6.07, 6.45) is 2.48. The van der Waals surface area contributed by atoms with Gasteiger partial charge in [0.25, 0.3) is 5.56 Å². The van der Waals surface area contributed by atoms with Crippen LogP contribution in [0.15, 0.2) is 23.1 Å². The number of nitrogens with zero attached hydrogens (tertiary/aromatic N) is 1. The molecule has 0 aromatic carbocycles. The minimum atomic E-state index is -0.531. The molecule has 1 amide bonds. The van der Waals surface area contributed by atoms with Gasteiger partial charge in [0, 0.05) is 18.8 Å². The number of aromatic nitrogens is 1. The molecule has 0 saturated heterocycles. The summed E-state index contributed by atoms with van der Waals surface area (Å²) in [5, 5.41) is 2.74. The Kier molecular flexibility index (Phi) is 5.09. The summed E-state index contributed by atoms with van der Waals surface area (Å²) in [7, 11) is 0. The molecule has 1 aromatic rings. The van der Waals surface area contributed by atoms with Crippen LogP contribution in [0.25, 0.3) is 0 Å². The highest BCUT2D eigenvalue weighted by Crippen LogP contribution is 2.09. The van der Waals surface area contributed by atoms with Crippen LogP contribution in [-0.4, -0.2) is 16.5 Å². The molecule has 1 rings (SSSR count). The van der Waals surface area contributed by atoms with Crippen molar-refractivity contribution in [3.8, 4) is 0 Å². The molecule has 0 bridgehead atoms. The van der Waals surface area contributed by atoms with E-state index in [1.54, 1.807) is 12.3 Å². The molecule has 2 unspecified atom stereocenters. The fraction of sp³-hybridized carbons (Fsp3) is 0.538. The lowest BCUT2D eigenvalue weighted by molar-refractivity contribution is -0.118. The molecule has 0 spiro atoms. The average molecular weight is 251 g/mol. The van der Waals surface area contributed by atoms with E-state index in [2.05, 4.69) is 5.32 Å². The molecule has 0 aliphatic carbocycles. The predicted molar refractivity (Wildman–Crippen MR) is 72.4 cm³/mol. The topological polar surface area (TPSA) is 77.1 Å². The Morgan fingerprint density at radius 2 is 2.11 bits per heavy atom. The van der Waals surface area contributed by atoms with E-state index in [0.29, 0.717) is 12.2 Å². The molecule has 5 heteroatoms. The highest BCUT2D eigenvalue weighted by atomic mass is 16.2. The zero-order valence-electron chi connectivity index (χ0n) is 11.1. The van der Waals surface area contributed by atoms with Crippen molar-refractivity contribution >= 4 is 11.6 Å². The highest BCUT2D eigenvalue weighted by molar-refractivity contribution is 5.94. The molecule has 0 aliphatic heterocycles. The monoisotopic (exact) mass is 251 g/mol. The van der Waals surface area contributed by atoms with Gasteiger partial charge in [0.2, 0.25) is 5.91 Å². The van der Waals surface area contributed by atoms with Crippen molar-refractivity contribution in [3.63, 3.8) is 0 Å². The fourth-order valence-corrected chi connectivity index (χ4v) is 1.59. The molecule has 0 fully saturated rings. The number of carbonyl (C=O) groups excluding carboxylic acids is 1. The quantitative estimate of drug-likeness (QED) is 0.825. The smallest absolute Gasteiger partial charge is 0.250 e. The third kappa shape index (κ3) is 3.43. The Hall–Kier alpha value is -1.62. The van der Waals surface area contributed by atoms with Crippen LogP contribution in [-0.2, 0) is 11.3 Å². The van der Waals surface area contributed by atoms with Gasteiger partial charge in [-0.05, 0) is 18.9 Å². The number of anilines is 1. The molecular weight excluding hydrogens is 230 g/mol. The summed E-state index contributed by atoms with van der Waals surface area (Å²) in [6.45, 7) is 6.38. The summed E-state index contributed by atoms with van der Waals surface area (Å²) < 4.78 is 1.53. The number of hydrogen-bond acceptors (Lipinski definition) is 3. The molecule has 100 valence electrons. The van der Waals surface area contributed by atoms with E-state index in [4.69, 9.17) is 5.73 Å². The molecule has 0 saturated carbocycles. The van der Waals surface area contributed by atoms with Crippen molar-refractivity contribution in [2.24, 2.45) is 11.7 Å². The summed E-state index contributed by atoms with van der Waals surface area (Å²) in [6, 6.07) is 2.50. The van der Waals surface area contributed by atoms with Crippen LogP contribution in [0.2, 0.25) is 0 Å². The van der Waals surface area contributed by atoms with Crippen molar-refractivity contribution in [2.75, 3.05) is 5.32 Å². The molecule has 1 aromatic heterocycles. The van der Waals surface area contributed by atoms with Gasteiger partial charge in [-0.25, -0.2) is 0 Å². The van der Waals surface area contributed by atoms with Crippen molar-refractivity contribution in [1.82, 2.24) is 4.57 Å². The maximum absolute atomic E-state index is 11.9. The maximum atomic E-state index is 11.9. The molecule has 2 atom stereocenters. The van der Waals surface area contributed by atoms with Crippen LogP contribution in [0.3, 0.4) is 0 Å². The number of aryl methyl sites for hydroxylation is 1. The van der Waals surface area contributed by atoms with Gasteiger partial charge in [0.1, 0.15) is 0 Å². The third-order valence-electron chi connectivity index (χ3n) is 3.15. The lowest BCUT2D eigenvalue weighted by atomic mass is 9.99. The Labute approximate surface area is 107 Å². The molecule has 18 heavy (non-hydrogen) atoms. The van der Waals surface area contributed by atoms with E-state index in [9.17, 15) is 9.59 Å². The zero-order valence-corrected chi connectivity index (χ0v) is 11.1. The lowest BCUT2D eigenvalue weighted by Crippen LogP contribution is -2.40. The molecule has 5 nitrogen and oxygen atoms in total. The summed E-state index contributed by atoms with van der Waals surface area (Å²) in [5.41, 5.74) is 6.35. The van der Waals surface area contributed by atoms with Gasteiger partial charge in [0.15, 0.2) is 0 Å². The zero-order chi connectivity index (χ0) is 13.7. The number of rotatable bonds is 5. The summed E-state index contributed by atoms with van der Waals surface area (Å²) in [5.74, 6) is -0.0901. The van der Waals surface area contributed by atoms with Gasteiger partial charge in [-0.1, -0.05) is 20.3 Å². The molecule has 3 N–H and O–H groups in total. The highest BCUT2D eigenvalue weighted by Gasteiger charge is 2.19. The third-order valence-corrected chi connectivity index (χ3v) is 3.15. The predicted octanol–water partition coefficient (Wildman–Crippen LogP) is 1.18. The second-order valence-electron chi connectivity index (χ2n) is 4.44. The van der Waals surface area contributed by atoms with E-state index in [0.717, 1.165) is 6.42 Å². The van der Waals surface area contributed by atoms with Gasteiger partial charge >= 0.3 is 0 Å². The van der Waals surface area contributed by atoms with Crippen LogP contribution >= 0.6 is 0 Å². The minimum Gasteiger partial charge on any atom is -0.323 e. The van der Waals surface area contributed by atoms with Crippen molar-refractivity contribution in [2.45, 2.75) is 39.8 Å². The second-order valence-corrected chi connectivity index (χ2v) is 4.44. The Morgan fingerprint density at radius 3 is 2.67 bits per heavy atom. The van der Waals surface area contributed by atoms with Crippen LogP contribution in [0.5, 0.6) is 0 Å². The van der Waals surface area contributed by atoms with Gasteiger partial charge in [-0.3, -0.25) is 9.59 Å². The first-order valence-corrected chi connectivity index (χ1v) is 6.26. The van der Waals surface area contributed by atoms with Gasteiger partial charge < -0.3 is 15.6 Å². The Morgan fingerprint density at radius 1 is 1.44 bits per heavy atom. The Balaban J connectivity index is 2.79. The number of hydrogen-bond donors (Lipinski definition) is 2. The SMILES string of the molecule is CCC(C)C(N)C(=O)Nc1ccc(=O)n(CC)c1. The number of carbonyl (C=O) groups is 1. The molecule has 0 radical (unpaired) electrons. The normalized spacial score (nSPS) is 14.0. The van der Waals surface area contributed by atoms with Gasteiger partial charge in [0.05, 0.1) is 11.7 Å².